The third-order valence-corrected chi connectivity index (χ3v) is 5.67. The molecular formula is C21H19F3N4O2S2. The Morgan fingerprint density at radius 1 is 1.16 bits per heavy atom. The maximum Gasteiger partial charge on any atom is 0.288 e. The number of amides is 1. The van der Waals surface area contributed by atoms with Crippen LogP contribution in [0.15, 0.2) is 71.2 Å². The quantitative estimate of drug-likeness (QED) is 0.300. The molecule has 3 aromatic rings. The fraction of sp³-hybridized carbons (Fsp3) is 0.190. The third-order valence-electron chi connectivity index (χ3n) is 3.98. The number of nitrogens with one attached hydrogen (secondary N) is 1. The highest BCUT2D eigenvalue weighted by molar-refractivity contribution is 8.00. The van der Waals surface area contributed by atoms with Gasteiger partial charge in [-0.3, -0.25) is 9.36 Å². The molecule has 1 N–H and O–H groups in total. The highest BCUT2D eigenvalue weighted by atomic mass is 32.2. The number of benzene rings is 2. The lowest BCUT2D eigenvalue weighted by Crippen LogP contribution is -2.15. The van der Waals surface area contributed by atoms with Crippen LogP contribution in [0.25, 0.3) is 0 Å². The highest BCUT2D eigenvalue weighted by Crippen LogP contribution is 2.26. The molecule has 1 aromatic heterocycles. The number of aromatic nitrogens is 3. The van der Waals surface area contributed by atoms with Crippen LogP contribution in [0.2, 0.25) is 0 Å². The van der Waals surface area contributed by atoms with E-state index in [2.05, 4.69) is 22.1 Å². The van der Waals surface area contributed by atoms with Gasteiger partial charge < -0.3 is 10.1 Å². The predicted molar refractivity (Wildman–Crippen MR) is 119 cm³/mol. The van der Waals surface area contributed by atoms with E-state index in [0.717, 1.165) is 0 Å². The smallest absolute Gasteiger partial charge is 0.288 e. The second kappa shape index (κ2) is 11.6. The van der Waals surface area contributed by atoms with E-state index < -0.39 is 5.76 Å². The maximum absolute atomic E-state index is 13.0. The zero-order chi connectivity index (χ0) is 22.9. The van der Waals surface area contributed by atoms with Crippen molar-refractivity contribution >= 4 is 35.1 Å². The summed E-state index contributed by atoms with van der Waals surface area (Å²) in [4.78, 5) is 12.7. The molecule has 0 radical (unpaired) electrons. The van der Waals surface area contributed by atoms with Crippen molar-refractivity contribution in [3.05, 3.63) is 72.8 Å². The first kappa shape index (κ1) is 23.7. The standard InChI is InChI=1S/C21H19F3N4O2S2/c1-2-11-28-18(12-30-16-7-3-14(22)4-8-16)26-27-21(28)31-13-19(29)25-15-5-9-17(10-6-15)32-20(23)24/h2-10,20H,1,11-13H2,(H,25,29). The van der Waals surface area contributed by atoms with Crippen LogP contribution in [0.3, 0.4) is 0 Å². The summed E-state index contributed by atoms with van der Waals surface area (Å²) < 4.78 is 45.2. The largest absolute Gasteiger partial charge is 0.486 e. The van der Waals surface area contributed by atoms with Gasteiger partial charge in [0, 0.05) is 17.1 Å². The predicted octanol–water partition coefficient (Wildman–Crippen LogP) is 5.23. The molecule has 0 bridgehead atoms. The van der Waals surface area contributed by atoms with Gasteiger partial charge in [0.05, 0.1) is 5.75 Å². The van der Waals surface area contributed by atoms with Gasteiger partial charge in [0.1, 0.15) is 18.2 Å². The van der Waals surface area contributed by atoms with Crippen LogP contribution in [0.5, 0.6) is 5.75 Å². The number of anilines is 1. The summed E-state index contributed by atoms with van der Waals surface area (Å²) >= 11 is 1.63. The molecule has 2 aromatic carbocycles. The summed E-state index contributed by atoms with van der Waals surface area (Å²) in [5.41, 5.74) is 0.509. The van der Waals surface area contributed by atoms with Crippen molar-refractivity contribution in [3.8, 4) is 5.75 Å². The van der Waals surface area contributed by atoms with Crippen molar-refractivity contribution in [1.82, 2.24) is 14.8 Å². The minimum Gasteiger partial charge on any atom is -0.486 e. The van der Waals surface area contributed by atoms with Crippen LogP contribution in [0, 0.1) is 5.82 Å². The highest BCUT2D eigenvalue weighted by Gasteiger charge is 2.14. The minimum absolute atomic E-state index is 0.0711. The average Bonchev–Trinajstić information content (AvgIpc) is 3.15. The lowest BCUT2D eigenvalue weighted by atomic mass is 10.3. The summed E-state index contributed by atoms with van der Waals surface area (Å²) in [6.07, 6.45) is 1.67. The number of rotatable bonds is 11. The van der Waals surface area contributed by atoms with E-state index in [1.54, 1.807) is 22.8 Å². The van der Waals surface area contributed by atoms with E-state index in [9.17, 15) is 18.0 Å². The molecule has 1 amide bonds. The fourth-order valence-electron chi connectivity index (χ4n) is 2.57. The Morgan fingerprint density at radius 2 is 1.88 bits per heavy atom. The van der Waals surface area contributed by atoms with Crippen LogP contribution in [0.4, 0.5) is 18.9 Å². The molecule has 168 valence electrons. The van der Waals surface area contributed by atoms with Gasteiger partial charge in [-0.15, -0.1) is 16.8 Å². The Bertz CT molecular complexity index is 1040. The molecule has 11 heteroatoms. The lowest BCUT2D eigenvalue weighted by Gasteiger charge is -2.09. The number of halogens is 3. The van der Waals surface area contributed by atoms with Crippen molar-refractivity contribution < 1.29 is 22.7 Å². The molecule has 1 heterocycles. The molecule has 0 aliphatic rings. The average molecular weight is 481 g/mol. The van der Waals surface area contributed by atoms with E-state index >= 15 is 0 Å². The number of hydrogen-bond acceptors (Lipinski definition) is 6. The Kier molecular flexibility index (Phi) is 8.63. The summed E-state index contributed by atoms with van der Waals surface area (Å²) in [6, 6.07) is 11.8. The summed E-state index contributed by atoms with van der Waals surface area (Å²) in [5, 5.41) is 11.5. The summed E-state index contributed by atoms with van der Waals surface area (Å²) in [6.45, 7) is 4.26. The Balaban J connectivity index is 1.56. The SMILES string of the molecule is C=CCn1c(COc2ccc(F)cc2)nnc1SCC(=O)Nc1ccc(SC(F)F)cc1. The summed E-state index contributed by atoms with van der Waals surface area (Å²) in [7, 11) is 0. The zero-order valence-electron chi connectivity index (χ0n) is 16.7. The third kappa shape index (κ3) is 7.06. The van der Waals surface area contributed by atoms with Crippen molar-refractivity contribution in [1.29, 1.82) is 0 Å². The Labute approximate surface area is 191 Å². The molecule has 0 unspecified atom stereocenters. The molecule has 0 spiro atoms. The van der Waals surface area contributed by atoms with Gasteiger partial charge in [-0.05, 0) is 48.5 Å². The van der Waals surface area contributed by atoms with Gasteiger partial charge in [0.15, 0.2) is 11.0 Å². The number of allylic oxidation sites excluding steroid dienone is 1. The number of nitrogens with zero attached hydrogens (tertiary/aromatic N) is 3. The van der Waals surface area contributed by atoms with Gasteiger partial charge in [0.2, 0.25) is 5.91 Å². The van der Waals surface area contributed by atoms with Gasteiger partial charge in [-0.25, -0.2) is 4.39 Å². The van der Waals surface area contributed by atoms with E-state index in [4.69, 9.17) is 4.74 Å². The molecule has 3 rings (SSSR count). The second-order valence-corrected chi connectivity index (χ2v) is 8.29. The Morgan fingerprint density at radius 3 is 2.53 bits per heavy atom. The van der Waals surface area contributed by atoms with E-state index in [-0.39, 0.29) is 24.1 Å². The molecular weight excluding hydrogens is 461 g/mol. The van der Waals surface area contributed by atoms with Gasteiger partial charge >= 0.3 is 0 Å². The first-order valence-electron chi connectivity index (χ1n) is 9.33. The van der Waals surface area contributed by atoms with Crippen molar-refractivity contribution in [2.75, 3.05) is 11.1 Å². The van der Waals surface area contributed by atoms with Crippen LogP contribution in [-0.4, -0.2) is 32.2 Å². The number of thioether (sulfide) groups is 2. The van der Waals surface area contributed by atoms with Gasteiger partial charge in [-0.2, -0.15) is 8.78 Å². The number of ether oxygens (including phenoxy) is 1. The molecule has 0 saturated carbocycles. The molecule has 6 nitrogen and oxygen atoms in total. The van der Waals surface area contributed by atoms with Crippen molar-refractivity contribution in [2.24, 2.45) is 0 Å². The first-order valence-corrected chi connectivity index (χ1v) is 11.2. The molecule has 0 aliphatic carbocycles. The first-order chi connectivity index (χ1) is 15.4. The normalized spacial score (nSPS) is 10.9. The van der Waals surface area contributed by atoms with Crippen molar-refractivity contribution in [2.45, 2.75) is 29.0 Å². The van der Waals surface area contributed by atoms with Gasteiger partial charge in [0.25, 0.3) is 5.76 Å². The van der Waals surface area contributed by atoms with Crippen LogP contribution >= 0.6 is 23.5 Å². The molecule has 0 saturated heterocycles. The van der Waals surface area contributed by atoms with E-state index in [1.165, 1.54) is 48.2 Å². The van der Waals surface area contributed by atoms with Crippen molar-refractivity contribution in [3.63, 3.8) is 0 Å². The monoisotopic (exact) mass is 480 g/mol. The summed E-state index contributed by atoms with van der Waals surface area (Å²) in [5.74, 6) is -2.03. The lowest BCUT2D eigenvalue weighted by molar-refractivity contribution is -0.113. The molecule has 0 atom stereocenters. The molecule has 0 aliphatic heterocycles. The number of alkyl halides is 2. The molecule has 0 fully saturated rings. The minimum atomic E-state index is -2.49. The maximum atomic E-state index is 13.0. The Hall–Kier alpha value is -2.92. The number of carbonyl (C=O) groups excluding carboxylic acids is 1. The van der Waals surface area contributed by atoms with Gasteiger partial charge in [-0.1, -0.05) is 29.6 Å². The van der Waals surface area contributed by atoms with E-state index in [1.807, 2.05) is 0 Å². The van der Waals surface area contributed by atoms with E-state index in [0.29, 0.717) is 45.6 Å². The number of hydrogen-bond donors (Lipinski definition) is 1. The van der Waals surface area contributed by atoms with Crippen LogP contribution in [0.1, 0.15) is 5.82 Å². The van der Waals surface area contributed by atoms with Crippen LogP contribution in [-0.2, 0) is 17.9 Å². The number of carbonyl (C=O) groups is 1. The molecule has 32 heavy (non-hydrogen) atoms. The second-order valence-electron chi connectivity index (χ2n) is 6.28. The van der Waals surface area contributed by atoms with Crippen LogP contribution < -0.4 is 10.1 Å². The topological polar surface area (TPSA) is 69.0 Å². The fourth-order valence-corrected chi connectivity index (χ4v) is 3.84. The zero-order valence-corrected chi connectivity index (χ0v) is 18.3.